The number of nitrogens with zero attached hydrogens (tertiary/aromatic N) is 3. The normalized spacial score (nSPS) is 22.2. The zero-order valence-electron chi connectivity index (χ0n) is 13.0. The van der Waals surface area contributed by atoms with E-state index in [1.165, 1.54) is 25.7 Å². The summed E-state index contributed by atoms with van der Waals surface area (Å²) in [5.41, 5.74) is 0. The molecule has 0 aromatic carbocycles. The molecule has 1 unspecified atom stereocenters. The highest BCUT2D eigenvalue weighted by molar-refractivity contribution is 9.10. The van der Waals surface area contributed by atoms with Crippen LogP contribution in [0.15, 0.2) is 33.5 Å². The van der Waals surface area contributed by atoms with Crippen LogP contribution in [0.3, 0.4) is 0 Å². The summed E-state index contributed by atoms with van der Waals surface area (Å²) in [6.07, 6.45) is 6.73. The SMILES string of the molecule is Brc1ccc(CN2CCCC(Nc3ccnc(C4CC4)n3)C2)o1. The van der Waals surface area contributed by atoms with E-state index in [1.807, 2.05) is 24.4 Å². The van der Waals surface area contributed by atoms with Crippen LogP contribution in [-0.2, 0) is 6.54 Å². The Balaban J connectivity index is 1.36. The third-order valence-corrected chi connectivity index (χ3v) is 4.91. The highest BCUT2D eigenvalue weighted by Crippen LogP contribution is 2.38. The minimum Gasteiger partial charge on any atom is -0.453 e. The van der Waals surface area contributed by atoms with Crippen molar-refractivity contribution in [2.75, 3.05) is 18.4 Å². The van der Waals surface area contributed by atoms with E-state index in [2.05, 4.69) is 36.1 Å². The second-order valence-electron chi connectivity index (χ2n) is 6.50. The summed E-state index contributed by atoms with van der Waals surface area (Å²) in [6.45, 7) is 3.00. The first-order valence-electron chi connectivity index (χ1n) is 8.32. The van der Waals surface area contributed by atoms with Gasteiger partial charge in [-0.1, -0.05) is 0 Å². The fourth-order valence-electron chi connectivity index (χ4n) is 3.18. The zero-order chi connectivity index (χ0) is 15.6. The molecule has 2 fully saturated rings. The molecule has 2 aliphatic rings. The molecule has 0 amide bonds. The van der Waals surface area contributed by atoms with Crippen LogP contribution >= 0.6 is 15.9 Å². The second-order valence-corrected chi connectivity index (χ2v) is 7.28. The van der Waals surface area contributed by atoms with Crippen molar-refractivity contribution in [1.29, 1.82) is 0 Å². The highest BCUT2D eigenvalue weighted by Gasteiger charge is 2.27. The van der Waals surface area contributed by atoms with Gasteiger partial charge in [0, 0.05) is 24.7 Å². The van der Waals surface area contributed by atoms with Crippen molar-refractivity contribution >= 4 is 21.7 Å². The van der Waals surface area contributed by atoms with Gasteiger partial charge in [-0.25, -0.2) is 9.97 Å². The maximum absolute atomic E-state index is 5.62. The molecule has 1 saturated heterocycles. The minimum absolute atomic E-state index is 0.434. The van der Waals surface area contributed by atoms with Crippen LogP contribution in [0, 0.1) is 0 Å². The summed E-state index contributed by atoms with van der Waals surface area (Å²) in [7, 11) is 0. The van der Waals surface area contributed by atoms with Gasteiger partial charge in [0.25, 0.3) is 0 Å². The van der Waals surface area contributed by atoms with E-state index in [0.29, 0.717) is 12.0 Å². The third kappa shape index (κ3) is 3.93. The average molecular weight is 377 g/mol. The molecule has 0 spiro atoms. The van der Waals surface area contributed by atoms with Crippen LogP contribution in [0.2, 0.25) is 0 Å². The van der Waals surface area contributed by atoms with Crippen LogP contribution in [0.4, 0.5) is 5.82 Å². The van der Waals surface area contributed by atoms with Crippen molar-refractivity contribution in [3.63, 3.8) is 0 Å². The molecule has 1 saturated carbocycles. The lowest BCUT2D eigenvalue weighted by Gasteiger charge is -2.32. The fraction of sp³-hybridized carbons (Fsp3) is 0.529. The number of hydrogen-bond acceptors (Lipinski definition) is 5. The van der Waals surface area contributed by atoms with Gasteiger partial charge in [-0.05, 0) is 66.4 Å². The van der Waals surface area contributed by atoms with Crippen molar-refractivity contribution in [3.05, 3.63) is 40.7 Å². The number of nitrogens with one attached hydrogen (secondary N) is 1. The monoisotopic (exact) mass is 376 g/mol. The summed E-state index contributed by atoms with van der Waals surface area (Å²) >= 11 is 3.36. The molecule has 23 heavy (non-hydrogen) atoms. The molecule has 2 aromatic rings. The molecule has 0 bridgehead atoms. The molecule has 1 N–H and O–H groups in total. The van der Waals surface area contributed by atoms with E-state index in [9.17, 15) is 0 Å². The number of halogens is 1. The lowest BCUT2D eigenvalue weighted by Crippen LogP contribution is -2.41. The van der Waals surface area contributed by atoms with E-state index >= 15 is 0 Å². The summed E-state index contributed by atoms with van der Waals surface area (Å²) in [5, 5.41) is 3.59. The lowest BCUT2D eigenvalue weighted by molar-refractivity contribution is 0.193. The van der Waals surface area contributed by atoms with Gasteiger partial charge in [-0.2, -0.15) is 0 Å². The van der Waals surface area contributed by atoms with Crippen molar-refractivity contribution < 1.29 is 4.42 Å². The quantitative estimate of drug-likeness (QED) is 0.860. The summed E-state index contributed by atoms with van der Waals surface area (Å²) in [6, 6.07) is 6.40. The van der Waals surface area contributed by atoms with Gasteiger partial charge in [0.05, 0.1) is 6.54 Å². The molecular formula is C17H21BrN4O. The Morgan fingerprint density at radius 2 is 2.17 bits per heavy atom. The average Bonchev–Trinajstić information content (AvgIpc) is 3.32. The first-order valence-corrected chi connectivity index (χ1v) is 9.11. The van der Waals surface area contributed by atoms with Crippen LogP contribution in [0.1, 0.15) is 43.2 Å². The molecule has 122 valence electrons. The van der Waals surface area contributed by atoms with E-state index in [0.717, 1.165) is 41.7 Å². The second kappa shape index (κ2) is 6.61. The van der Waals surface area contributed by atoms with E-state index < -0.39 is 0 Å². The summed E-state index contributed by atoms with van der Waals surface area (Å²) < 4.78 is 6.42. The molecule has 3 heterocycles. The van der Waals surface area contributed by atoms with Gasteiger partial charge >= 0.3 is 0 Å². The van der Waals surface area contributed by atoms with E-state index in [1.54, 1.807) is 0 Å². The molecule has 1 aliphatic carbocycles. The number of hydrogen-bond donors (Lipinski definition) is 1. The van der Waals surface area contributed by atoms with Crippen molar-refractivity contribution in [2.24, 2.45) is 0 Å². The Labute approximate surface area is 144 Å². The van der Waals surface area contributed by atoms with Crippen LogP contribution in [0.5, 0.6) is 0 Å². The van der Waals surface area contributed by atoms with Gasteiger partial charge in [0.1, 0.15) is 17.4 Å². The third-order valence-electron chi connectivity index (χ3n) is 4.48. The number of aromatic nitrogens is 2. The first-order chi connectivity index (χ1) is 11.3. The Hall–Kier alpha value is -1.40. The topological polar surface area (TPSA) is 54.2 Å². The Kier molecular flexibility index (Phi) is 4.35. The Bertz CT molecular complexity index is 670. The maximum atomic E-state index is 5.62. The van der Waals surface area contributed by atoms with Crippen LogP contribution < -0.4 is 5.32 Å². The Morgan fingerprint density at radius 1 is 1.26 bits per heavy atom. The van der Waals surface area contributed by atoms with Gasteiger partial charge in [-0.15, -0.1) is 0 Å². The predicted molar refractivity (Wildman–Crippen MR) is 92.3 cm³/mol. The number of piperidine rings is 1. The molecule has 4 rings (SSSR count). The molecule has 1 aliphatic heterocycles. The van der Waals surface area contributed by atoms with E-state index in [4.69, 9.17) is 4.42 Å². The standard InChI is InChI=1S/C17H21BrN4O/c18-15-6-5-14(23-15)11-22-9-1-2-13(10-22)20-16-7-8-19-17(21-16)12-3-4-12/h5-8,12-13H,1-4,9-11H2,(H,19,20,21). The van der Waals surface area contributed by atoms with E-state index in [-0.39, 0.29) is 0 Å². The van der Waals surface area contributed by atoms with Crippen LogP contribution in [0.25, 0.3) is 0 Å². The fourth-order valence-corrected chi connectivity index (χ4v) is 3.52. The number of furan rings is 1. The minimum atomic E-state index is 0.434. The largest absolute Gasteiger partial charge is 0.453 e. The molecule has 5 nitrogen and oxygen atoms in total. The smallest absolute Gasteiger partial charge is 0.169 e. The highest BCUT2D eigenvalue weighted by atomic mass is 79.9. The van der Waals surface area contributed by atoms with Crippen molar-refractivity contribution in [2.45, 2.75) is 44.2 Å². The number of likely N-dealkylation sites (tertiary alicyclic amines) is 1. The van der Waals surface area contributed by atoms with Crippen LogP contribution in [-0.4, -0.2) is 34.0 Å². The van der Waals surface area contributed by atoms with Crippen molar-refractivity contribution in [3.8, 4) is 0 Å². The van der Waals surface area contributed by atoms with Gasteiger partial charge in [0.15, 0.2) is 4.67 Å². The zero-order valence-corrected chi connectivity index (χ0v) is 14.6. The molecule has 0 radical (unpaired) electrons. The molecule has 1 atom stereocenters. The van der Waals surface area contributed by atoms with Crippen molar-refractivity contribution in [1.82, 2.24) is 14.9 Å². The van der Waals surface area contributed by atoms with Gasteiger partial charge in [-0.3, -0.25) is 4.90 Å². The first kappa shape index (κ1) is 15.1. The molecule has 2 aromatic heterocycles. The number of anilines is 1. The lowest BCUT2D eigenvalue weighted by atomic mass is 10.1. The summed E-state index contributed by atoms with van der Waals surface area (Å²) in [5.74, 6) is 3.57. The molecule has 6 heteroatoms. The van der Waals surface area contributed by atoms with Gasteiger partial charge in [0.2, 0.25) is 0 Å². The number of rotatable bonds is 5. The summed E-state index contributed by atoms with van der Waals surface area (Å²) in [4.78, 5) is 11.5. The Morgan fingerprint density at radius 3 is 2.96 bits per heavy atom. The van der Waals surface area contributed by atoms with Gasteiger partial charge < -0.3 is 9.73 Å². The molecular weight excluding hydrogens is 356 g/mol. The maximum Gasteiger partial charge on any atom is 0.169 e. The predicted octanol–water partition coefficient (Wildman–Crippen LogP) is 3.79.